The fourth-order valence-electron chi connectivity index (χ4n) is 2.15. The van der Waals surface area contributed by atoms with Crippen LogP contribution in [0.1, 0.15) is 11.1 Å². The fourth-order valence-corrected chi connectivity index (χ4v) is 4.53. The van der Waals surface area contributed by atoms with Crippen molar-refractivity contribution in [1.82, 2.24) is 4.98 Å². The second-order valence-electron chi connectivity index (χ2n) is 4.75. The molecule has 0 unspecified atom stereocenters. The van der Waals surface area contributed by atoms with Crippen LogP contribution in [0.3, 0.4) is 0 Å². The van der Waals surface area contributed by atoms with Gasteiger partial charge in [0.05, 0.1) is 0 Å². The summed E-state index contributed by atoms with van der Waals surface area (Å²) in [6.45, 7) is 0. The SMILES string of the molecule is Fc1cccc(C(CBr)(CBr)Cc2cncc(Br)c2)c1. The molecule has 0 amide bonds. The van der Waals surface area contributed by atoms with Crippen molar-refractivity contribution in [3.63, 3.8) is 0 Å². The third kappa shape index (κ3) is 3.68. The highest BCUT2D eigenvalue weighted by Gasteiger charge is 2.31. The van der Waals surface area contributed by atoms with Gasteiger partial charge in [0.2, 0.25) is 0 Å². The summed E-state index contributed by atoms with van der Waals surface area (Å²) >= 11 is 10.6. The van der Waals surface area contributed by atoms with E-state index in [4.69, 9.17) is 0 Å². The first-order valence-electron chi connectivity index (χ1n) is 6.07. The van der Waals surface area contributed by atoms with Gasteiger partial charge in [0.1, 0.15) is 5.82 Å². The summed E-state index contributed by atoms with van der Waals surface area (Å²) in [6.07, 6.45) is 4.39. The van der Waals surface area contributed by atoms with Crippen LogP contribution in [0.15, 0.2) is 47.2 Å². The monoisotopic (exact) mass is 463 g/mol. The minimum Gasteiger partial charge on any atom is -0.263 e. The van der Waals surface area contributed by atoms with Crippen molar-refractivity contribution in [2.24, 2.45) is 0 Å². The average molecular weight is 466 g/mol. The fraction of sp³-hybridized carbons (Fsp3) is 0.267. The molecule has 0 aliphatic heterocycles. The van der Waals surface area contributed by atoms with Crippen LogP contribution in [0.2, 0.25) is 0 Å². The lowest BCUT2D eigenvalue weighted by molar-refractivity contribution is 0.540. The number of halogens is 4. The molecule has 0 spiro atoms. The first-order valence-corrected chi connectivity index (χ1v) is 9.11. The third-order valence-electron chi connectivity index (χ3n) is 3.25. The number of aromatic nitrogens is 1. The van der Waals surface area contributed by atoms with Gasteiger partial charge in [-0.1, -0.05) is 44.0 Å². The van der Waals surface area contributed by atoms with Crippen molar-refractivity contribution in [3.05, 3.63) is 64.1 Å². The molecule has 0 N–H and O–H groups in total. The molecule has 1 aromatic heterocycles. The maximum absolute atomic E-state index is 13.5. The summed E-state index contributed by atoms with van der Waals surface area (Å²) in [5.41, 5.74) is 1.89. The lowest BCUT2D eigenvalue weighted by Gasteiger charge is -2.31. The van der Waals surface area contributed by atoms with E-state index in [1.54, 1.807) is 18.3 Å². The average Bonchev–Trinajstić information content (AvgIpc) is 2.45. The minimum absolute atomic E-state index is 0.204. The van der Waals surface area contributed by atoms with Gasteiger partial charge in [-0.15, -0.1) is 0 Å². The van der Waals surface area contributed by atoms with Crippen LogP contribution >= 0.6 is 47.8 Å². The predicted octanol–water partition coefficient (Wildman–Crippen LogP) is 5.25. The topological polar surface area (TPSA) is 12.9 Å². The molecule has 1 nitrogen and oxygen atoms in total. The number of alkyl halides is 2. The van der Waals surface area contributed by atoms with Crippen molar-refractivity contribution >= 4 is 47.8 Å². The molecule has 0 saturated heterocycles. The van der Waals surface area contributed by atoms with Gasteiger partial charge in [-0.2, -0.15) is 0 Å². The zero-order valence-electron chi connectivity index (χ0n) is 10.6. The zero-order valence-corrected chi connectivity index (χ0v) is 15.4. The Morgan fingerprint density at radius 3 is 2.45 bits per heavy atom. The summed E-state index contributed by atoms with van der Waals surface area (Å²) in [4.78, 5) is 4.20. The number of nitrogens with zero attached hydrogens (tertiary/aromatic N) is 1. The summed E-state index contributed by atoms with van der Waals surface area (Å²) in [7, 11) is 0. The number of pyridine rings is 1. The van der Waals surface area contributed by atoms with E-state index >= 15 is 0 Å². The Bertz CT molecular complexity index is 585. The van der Waals surface area contributed by atoms with Crippen molar-refractivity contribution in [2.75, 3.05) is 10.7 Å². The zero-order chi connectivity index (χ0) is 14.6. The molecular weight excluding hydrogens is 453 g/mol. The summed E-state index contributed by atoms with van der Waals surface area (Å²) in [5, 5.41) is 1.47. The van der Waals surface area contributed by atoms with E-state index in [-0.39, 0.29) is 11.2 Å². The number of benzene rings is 1. The summed E-state index contributed by atoms with van der Waals surface area (Å²) < 4.78 is 14.5. The van der Waals surface area contributed by atoms with Gasteiger partial charge in [0, 0.05) is 32.9 Å². The number of hydrogen-bond donors (Lipinski definition) is 0. The molecule has 0 radical (unpaired) electrons. The largest absolute Gasteiger partial charge is 0.263 e. The van der Waals surface area contributed by atoms with Gasteiger partial charge in [0.15, 0.2) is 0 Å². The maximum atomic E-state index is 13.5. The van der Waals surface area contributed by atoms with Gasteiger partial charge in [-0.3, -0.25) is 4.98 Å². The Balaban J connectivity index is 2.39. The van der Waals surface area contributed by atoms with Crippen molar-refractivity contribution in [1.29, 1.82) is 0 Å². The van der Waals surface area contributed by atoms with Crippen LogP contribution < -0.4 is 0 Å². The van der Waals surface area contributed by atoms with E-state index in [1.807, 2.05) is 18.3 Å². The van der Waals surface area contributed by atoms with Crippen LogP contribution in [-0.2, 0) is 11.8 Å². The molecule has 1 aromatic carbocycles. The molecule has 2 aromatic rings. The maximum Gasteiger partial charge on any atom is 0.123 e. The molecule has 2 rings (SSSR count). The Morgan fingerprint density at radius 2 is 1.85 bits per heavy atom. The molecule has 0 aliphatic carbocycles. The normalized spacial score (nSPS) is 11.6. The molecule has 0 fully saturated rings. The quantitative estimate of drug-likeness (QED) is 0.549. The molecule has 0 aliphatic rings. The molecular formula is C15H13Br3FN. The van der Waals surface area contributed by atoms with E-state index < -0.39 is 0 Å². The summed E-state index contributed by atoms with van der Waals surface area (Å²) in [5.74, 6) is -0.207. The van der Waals surface area contributed by atoms with Crippen LogP contribution in [0.4, 0.5) is 4.39 Å². The van der Waals surface area contributed by atoms with Crippen molar-refractivity contribution in [2.45, 2.75) is 11.8 Å². The predicted molar refractivity (Wildman–Crippen MR) is 91.3 cm³/mol. The molecule has 106 valence electrons. The first kappa shape index (κ1) is 16.1. The molecule has 20 heavy (non-hydrogen) atoms. The molecule has 1 heterocycles. The van der Waals surface area contributed by atoms with Gasteiger partial charge >= 0.3 is 0 Å². The highest BCUT2D eigenvalue weighted by atomic mass is 79.9. The van der Waals surface area contributed by atoms with E-state index in [9.17, 15) is 4.39 Å². The molecule has 5 heteroatoms. The van der Waals surface area contributed by atoms with Crippen LogP contribution in [0, 0.1) is 5.82 Å². The second kappa shape index (κ2) is 7.14. The molecule has 0 saturated carbocycles. The van der Waals surface area contributed by atoms with Crippen LogP contribution in [-0.4, -0.2) is 15.6 Å². The highest BCUT2D eigenvalue weighted by molar-refractivity contribution is 9.10. The van der Waals surface area contributed by atoms with E-state index in [0.717, 1.165) is 32.7 Å². The van der Waals surface area contributed by atoms with Crippen molar-refractivity contribution in [3.8, 4) is 0 Å². The third-order valence-corrected chi connectivity index (χ3v) is 5.83. The van der Waals surface area contributed by atoms with E-state index in [0.29, 0.717) is 0 Å². The minimum atomic E-state index is -0.207. The number of hydrogen-bond acceptors (Lipinski definition) is 1. The summed E-state index contributed by atoms with van der Waals surface area (Å²) in [6, 6.07) is 8.85. The van der Waals surface area contributed by atoms with Gasteiger partial charge < -0.3 is 0 Å². The standard InChI is InChI=1S/C15H13Br3FN/c16-9-15(10-17,12-2-1-3-14(19)5-12)6-11-4-13(18)8-20-7-11/h1-5,7-8H,6,9-10H2. The second-order valence-corrected chi connectivity index (χ2v) is 6.78. The van der Waals surface area contributed by atoms with E-state index in [2.05, 4.69) is 52.8 Å². The Labute approximate surface area is 143 Å². The highest BCUT2D eigenvalue weighted by Crippen LogP contribution is 2.33. The number of rotatable bonds is 5. The molecule has 0 atom stereocenters. The lowest BCUT2D eigenvalue weighted by atomic mass is 9.79. The van der Waals surface area contributed by atoms with E-state index in [1.165, 1.54) is 6.07 Å². The van der Waals surface area contributed by atoms with Gasteiger partial charge in [-0.05, 0) is 51.7 Å². The van der Waals surface area contributed by atoms with Gasteiger partial charge in [-0.25, -0.2) is 4.39 Å². The molecule has 0 bridgehead atoms. The van der Waals surface area contributed by atoms with Gasteiger partial charge in [0.25, 0.3) is 0 Å². The van der Waals surface area contributed by atoms with Crippen LogP contribution in [0.25, 0.3) is 0 Å². The Kier molecular flexibility index (Phi) is 5.75. The smallest absolute Gasteiger partial charge is 0.123 e. The van der Waals surface area contributed by atoms with Crippen LogP contribution in [0.5, 0.6) is 0 Å². The van der Waals surface area contributed by atoms with Crippen molar-refractivity contribution < 1.29 is 4.39 Å². The Morgan fingerprint density at radius 1 is 1.10 bits per heavy atom. The Hall–Kier alpha value is -0.260. The lowest BCUT2D eigenvalue weighted by Crippen LogP contribution is -2.33. The first-order chi connectivity index (χ1) is 9.59.